The van der Waals surface area contributed by atoms with Crippen molar-refractivity contribution in [3.8, 4) is 0 Å². The van der Waals surface area contributed by atoms with E-state index < -0.39 is 28.1 Å². The molecule has 1 aliphatic rings. The Hall–Kier alpha value is -2.08. The molecule has 3 rings (SSSR count). The van der Waals surface area contributed by atoms with E-state index in [1.54, 1.807) is 19.2 Å². The molecule has 136 valence electrons. The molecule has 0 saturated carbocycles. The summed E-state index contributed by atoms with van der Waals surface area (Å²) in [6, 6.07) is 4.18. The van der Waals surface area contributed by atoms with Crippen LogP contribution in [0.25, 0.3) is 11.0 Å². The van der Waals surface area contributed by atoms with E-state index in [-0.39, 0.29) is 23.6 Å². The molecule has 0 aliphatic carbocycles. The summed E-state index contributed by atoms with van der Waals surface area (Å²) in [5, 5.41) is 7.78. The smallest absolute Gasteiger partial charge is 0.243 e. The summed E-state index contributed by atoms with van der Waals surface area (Å²) in [5.41, 5.74) is 5.97. The first kappa shape index (κ1) is 17.7. The van der Waals surface area contributed by atoms with Gasteiger partial charge in [-0.3, -0.25) is 4.79 Å². The monoisotopic (exact) mass is 369 g/mol. The van der Waals surface area contributed by atoms with Crippen LogP contribution >= 0.6 is 0 Å². The molecule has 3 N–H and O–H groups in total. The van der Waals surface area contributed by atoms with E-state index in [1.165, 1.54) is 10.7 Å². The lowest BCUT2D eigenvalue weighted by molar-refractivity contribution is -0.127. The second kappa shape index (κ2) is 7.04. The molecule has 10 nitrogen and oxygen atoms in total. The number of fused-ring (bicyclic) bond motifs is 1. The lowest BCUT2D eigenvalue weighted by Crippen LogP contribution is -2.51. The summed E-state index contributed by atoms with van der Waals surface area (Å²) < 4.78 is 40.5. The minimum Gasteiger partial charge on any atom is -0.380 e. The van der Waals surface area contributed by atoms with Gasteiger partial charge in [0.1, 0.15) is 17.0 Å². The van der Waals surface area contributed by atoms with Crippen molar-refractivity contribution in [2.75, 3.05) is 19.8 Å². The Balaban J connectivity index is 1.85. The molecule has 0 radical (unpaired) electrons. The number of nitrogens with zero attached hydrogens (tertiary/aromatic N) is 3. The van der Waals surface area contributed by atoms with Crippen LogP contribution in [0.15, 0.2) is 23.1 Å². The van der Waals surface area contributed by atoms with Crippen molar-refractivity contribution in [1.29, 1.82) is 0 Å². The van der Waals surface area contributed by atoms with E-state index in [0.29, 0.717) is 18.5 Å². The van der Waals surface area contributed by atoms with E-state index in [9.17, 15) is 13.2 Å². The molecule has 2 aromatic rings. The molecule has 0 unspecified atom stereocenters. The van der Waals surface area contributed by atoms with Crippen LogP contribution < -0.4 is 10.5 Å². The highest BCUT2D eigenvalue weighted by Crippen LogP contribution is 2.22. The van der Waals surface area contributed by atoms with Crippen molar-refractivity contribution in [2.24, 2.45) is 12.8 Å². The largest absolute Gasteiger partial charge is 0.380 e. The van der Waals surface area contributed by atoms with Gasteiger partial charge in [0.25, 0.3) is 0 Å². The van der Waals surface area contributed by atoms with Gasteiger partial charge in [-0.05, 0) is 18.6 Å². The fraction of sp³-hybridized carbons (Fsp3) is 0.500. The maximum Gasteiger partial charge on any atom is 0.243 e. The van der Waals surface area contributed by atoms with E-state index in [2.05, 4.69) is 15.0 Å². The zero-order valence-electron chi connectivity index (χ0n) is 13.6. The first-order valence-corrected chi connectivity index (χ1v) is 9.15. The fourth-order valence-corrected chi connectivity index (χ4v) is 4.13. The number of aromatic nitrogens is 3. The average molecular weight is 369 g/mol. The Morgan fingerprint density at radius 3 is 3.08 bits per heavy atom. The van der Waals surface area contributed by atoms with E-state index in [4.69, 9.17) is 15.2 Å². The fourth-order valence-electron chi connectivity index (χ4n) is 2.73. The number of sulfonamides is 1. The van der Waals surface area contributed by atoms with E-state index in [0.717, 1.165) is 0 Å². The van der Waals surface area contributed by atoms with E-state index in [1.807, 2.05) is 0 Å². The maximum absolute atomic E-state index is 12.8. The molecule has 1 aromatic heterocycles. The van der Waals surface area contributed by atoms with Crippen LogP contribution in [0.3, 0.4) is 0 Å². The van der Waals surface area contributed by atoms with Crippen LogP contribution in [0.5, 0.6) is 0 Å². The van der Waals surface area contributed by atoms with Crippen molar-refractivity contribution < 1.29 is 22.7 Å². The predicted octanol–water partition coefficient (Wildman–Crippen LogP) is -1.09. The van der Waals surface area contributed by atoms with Crippen LogP contribution in [0.2, 0.25) is 0 Å². The van der Waals surface area contributed by atoms with Gasteiger partial charge < -0.3 is 15.2 Å². The van der Waals surface area contributed by atoms with Crippen molar-refractivity contribution in [1.82, 2.24) is 19.7 Å². The molecule has 2 heterocycles. The minimum absolute atomic E-state index is 0.0253. The number of hydrogen-bond donors (Lipinski definition) is 2. The molecule has 11 heteroatoms. The van der Waals surface area contributed by atoms with Gasteiger partial charge >= 0.3 is 0 Å². The number of primary amides is 1. The average Bonchev–Trinajstić information content (AvgIpc) is 2.95. The molecular weight excluding hydrogens is 350 g/mol. The van der Waals surface area contributed by atoms with Gasteiger partial charge in [0.2, 0.25) is 15.9 Å². The Labute approximate surface area is 144 Å². The normalized spacial score (nSPS) is 21.5. The SMILES string of the molecule is Cn1nnc2c(S(=O)(=O)N[C@@H]3COCC[C@@H]3OCC(N)=O)cccc21. The third-order valence-electron chi connectivity index (χ3n) is 3.93. The molecule has 25 heavy (non-hydrogen) atoms. The molecule has 2 atom stereocenters. The summed E-state index contributed by atoms with van der Waals surface area (Å²) in [7, 11) is -2.20. The highest BCUT2D eigenvalue weighted by Gasteiger charge is 2.32. The second-order valence-electron chi connectivity index (χ2n) is 5.74. The van der Waals surface area contributed by atoms with Gasteiger partial charge in [-0.1, -0.05) is 11.3 Å². The molecule has 1 amide bonds. The third kappa shape index (κ3) is 3.79. The molecule has 0 spiro atoms. The Morgan fingerprint density at radius 1 is 1.52 bits per heavy atom. The van der Waals surface area contributed by atoms with Crippen LogP contribution in [0.1, 0.15) is 6.42 Å². The first-order chi connectivity index (χ1) is 11.9. The number of ether oxygens (including phenoxy) is 2. The van der Waals surface area contributed by atoms with Crippen molar-refractivity contribution in [2.45, 2.75) is 23.5 Å². The predicted molar refractivity (Wildman–Crippen MR) is 87.0 cm³/mol. The summed E-state index contributed by atoms with van der Waals surface area (Å²) in [6.07, 6.45) is -0.0485. The van der Waals surface area contributed by atoms with Gasteiger partial charge in [-0.15, -0.1) is 5.10 Å². The van der Waals surface area contributed by atoms with Gasteiger partial charge in [0, 0.05) is 13.7 Å². The molecule has 1 aliphatic heterocycles. The number of aryl methyl sites for hydroxylation is 1. The van der Waals surface area contributed by atoms with Crippen LogP contribution in [0, 0.1) is 0 Å². The number of amides is 1. The Kier molecular flexibility index (Phi) is 4.99. The highest BCUT2D eigenvalue weighted by molar-refractivity contribution is 7.89. The topological polar surface area (TPSA) is 138 Å². The lowest BCUT2D eigenvalue weighted by Gasteiger charge is -2.31. The highest BCUT2D eigenvalue weighted by atomic mass is 32.2. The minimum atomic E-state index is -3.89. The number of carbonyl (C=O) groups excluding carboxylic acids is 1. The molecule has 1 aromatic carbocycles. The zero-order valence-corrected chi connectivity index (χ0v) is 14.4. The molecule has 1 fully saturated rings. The van der Waals surface area contributed by atoms with Crippen molar-refractivity contribution in [3.05, 3.63) is 18.2 Å². The number of rotatable bonds is 6. The summed E-state index contributed by atoms with van der Waals surface area (Å²) >= 11 is 0. The number of carbonyl (C=O) groups is 1. The summed E-state index contributed by atoms with van der Waals surface area (Å²) in [6.45, 7) is 0.281. The summed E-state index contributed by atoms with van der Waals surface area (Å²) in [4.78, 5) is 10.9. The van der Waals surface area contributed by atoms with Crippen molar-refractivity contribution in [3.63, 3.8) is 0 Å². The van der Waals surface area contributed by atoms with Crippen LogP contribution in [-0.2, 0) is 31.3 Å². The number of nitrogens with one attached hydrogen (secondary N) is 1. The van der Waals surface area contributed by atoms with Gasteiger partial charge in [0.15, 0.2) is 0 Å². The van der Waals surface area contributed by atoms with Gasteiger partial charge in [-0.2, -0.15) is 0 Å². The standard InChI is InChI=1S/C14H19N5O5S/c1-19-10-3-2-4-12(14(10)16-18-19)25(21,22)17-9-7-23-6-5-11(9)24-8-13(15)20/h2-4,9,11,17H,5-8H2,1H3,(H2,15,20)/t9-,11+/m1/s1. The Bertz CT molecular complexity index is 881. The summed E-state index contributed by atoms with van der Waals surface area (Å²) in [5.74, 6) is -0.613. The van der Waals surface area contributed by atoms with Crippen LogP contribution in [0.4, 0.5) is 0 Å². The zero-order chi connectivity index (χ0) is 18.0. The second-order valence-corrected chi connectivity index (χ2v) is 7.43. The van der Waals surface area contributed by atoms with Crippen LogP contribution in [-0.4, -0.2) is 61.3 Å². The third-order valence-corrected chi connectivity index (χ3v) is 5.46. The van der Waals surface area contributed by atoms with Crippen molar-refractivity contribution >= 4 is 27.0 Å². The maximum atomic E-state index is 12.8. The first-order valence-electron chi connectivity index (χ1n) is 7.67. The number of hydrogen-bond acceptors (Lipinski definition) is 7. The molecular formula is C14H19N5O5S. The number of nitrogens with two attached hydrogens (primary N) is 1. The lowest BCUT2D eigenvalue weighted by atomic mass is 10.1. The van der Waals surface area contributed by atoms with Gasteiger partial charge in [0.05, 0.1) is 24.3 Å². The molecule has 1 saturated heterocycles. The van der Waals surface area contributed by atoms with Gasteiger partial charge in [-0.25, -0.2) is 17.8 Å². The quantitative estimate of drug-likeness (QED) is 0.659. The van der Waals surface area contributed by atoms with E-state index >= 15 is 0 Å². The number of benzene rings is 1. The molecule has 0 bridgehead atoms. The Morgan fingerprint density at radius 2 is 2.32 bits per heavy atom.